The van der Waals surface area contributed by atoms with Crippen LogP contribution in [0, 0.1) is 0 Å². The van der Waals surface area contributed by atoms with Gasteiger partial charge in [-0.1, -0.05) is 36.4 Å². The van der Waals surface area contributed by atoms with Gasteiger partial charge in [-0.25, -0.2) is 13.6 Å². The van der Waals surface area contributed by atoms with Crippen molar-refractivity contribution in [2.75, 3.05) is 6.61 Å². The van der Waals surface area contributed by atoms with Gasteiger partial charge < -0.3 is 4.74 Å². The zero-order chi connectivity index (χ0) is 17.0. The van der Waals surface area contributed by atoms with Crippen molar-refractivity contribution in [1.82, 2.24) is 0 Å². The predicted molar refractivity (Wildman–Crippen MR) is 81.8 cm³/mol. The summed E-state index contributed by atoms with van der Waals surface area (Å²) in [6.45, 7) is 2.50. The number of ether oxygens (including phenoxy) is 1. The second kappa shape index (κ2) is 6.69. The number of carbonyl (C=O) groups excluding carboxylic acids is 2. The van der Waals surface area contributed by atoms with Gasteiger partial charge in [0.05, 0.1) is 12.2 Å². The Morgan fingerprint density at radius 3 is 2.26 bits per heavy atom. The van der Waals surface area contributed by atoms with E-state index in [1.54, 1.807) is 37.3 Å². The first kappa shape index (κ1) is 16.8. The third-order valence-corrected chi connectivity index (χ3v) is 3.30. The maximum absolute atomic E-state index is 13.6. The highest BCUT2D eigenvalue weighted by atomic mass is 19.3. The van der Waals surface area contributed by atoms with Crippen molar-refractivity contribution in [3.05, 3.63) is 70.8 Å². The van der Waals surface area contributed by atoms with Gasteiger partial charge in [-0.2, -0.15) is 0 Å². The minimum atomic E-state index is -3.11. The molecule has 0 bridgehead atoms. The molecule has 23 heavy (non-hydrogen) atoms. The number of halogens is 2. The van der Waals surface area contributed by atoms with Gasteiger partial charge >= 0.3 is 5.97 Å². The molecule has 0 spiro atoms. The molecule has 0 fully saturated rings. The second-order valence-corrected chi connectivity index (χ2v) is 5.06. The molecule has 0 heterocycles. The summed E-state index contributed by atoms with van der Waals surface area (Å²) in [5.41, 5.74) is -0.123. The molecule has 0 radical (unpaired) electrons. The topological polar surface area (TPSA) is 43.4 Å². The summed E-state index contributed by atoms with van der Waals surface area (Å²) >= 11 is 0. The van der Waals surface area contributed by atoms with Crippen LogP contribution >= 0.6 is 0 Å². The van der Waals surface area contributed by atoms with Crippen LogP contribution in [-0.4, -0.2) is 18.4 Å². The van der Waals surface area contributed by atoms with E-state index >= 15 is 0 Å². The Morgan fingerprint density at radius 1 is 1.04 bits per heavy atom. The highest BCUT2D eigenvalue weighted by Gasteiger charge is 2.28. The van der Waals surface area contributed by atoms with Crippen molar-refractivity contribution < 1.29 is 23.1 Å². The Bertz CT molecular complexity index is 719. The zero-order valence-electron chi connectivity index (χ0n) is 12.8. The fraction of sp³-hybridized carbons (Fsp3) is 0.222. The van der Waals surface area contributed by atoms with E-state index in [2.05, 4.69) is 0 Å². The Balaban J connectivity index is 2.57. The van der Waals surface area contributed by atoms with Crippen molar-refractivity contribution in [3.63, 3.8) is 0 Å². The smallest absolute Gasteiger partial charge is 0.338 e. The fourth-order valence-corrected chi connectivity index (χ4v) is 2.14. The predicted octanol–water partition coefficient (Wildman–Crippen LogP) is 4.21. The van der Waals surface area contributed by atoms with E-state index in [1.807, 2.05) is 0 Å². The normalized spacial score (nSPS) is 11.1. The largest absolute Gasteiger partial charge is 0.462 e. The maximum Gasteiger partial charge on any atom is 0.338 e. The number of esters is 1. The molecule has 3 nitrogen and oxygen atoms in total. The van der Waals surface area contributed by atoms with Crippen LogP contribution in [0.25, 0.3) is 0 Å². The standard InChI is InChI=1S/C18H16F2O3/c1-3-23-17(22)14-10-9-13(18(2,19)20)11-15(14)16(21)12-7-5-4-6-8-12/h4-11H,3H2,1-2H3. The molecule has 0 saturated carbocycles. The Morgan fingerprint density at radius 2 is 1.70 bits per heavy atom. The van der Waals surface area contributed by atoms with Crippen molar-refractivity contribution in [2.45, 2.75) is 19.8 Å². The molecular weight excluding hydrogens is 302 g/mol. The lowest BCUT2D eigenvalue weighted by Crippen LogP contribution is -2.16. The van der Waals surface area contributed by atoms with Crippen LogP contribution in [-0.2, 0) is 10.7 Å². The lowest BCUT2D eigenvalue weighted by Gasteiger charge is -2.14. The Labute approximate surface area is 132 Å². The van der Waals surface area contributed by atoms with E-state index in [-0.39, 0.29) is 23.3 Å². The van der Waals surface area contributed by atoms with Gasteiger partial charge in [0.15, 0.2) is 5.78 Å². The molecule has 0 atom stereocenters. The SMILES string of the molecule is CCOC(=O)c1ccc(C(C)(F)F)cc1C(=O)c1ccccc1. The molecule has 0 aliphatic rings. The van der Waals surface area contributed by atoms with Crippen LogP contribution in [0.4, 0.5) is 8.78 Å². The van der Waals surface area contributed by atoms with Crippen LogP contribution in [0.1, 0.15) is 45.7 Å². The first-order valence-electron chi connectivity index (χ1n) is 7.13. The highest BCUT2D eigenvalue weighted by molar-refractivity contribution is 6.14. The number of ketones is 1. The summed E-state index contributed by atoms with van der Waals surface area (Å²) < 4.78 is 32.0. The summed E-state index contributed by atoms with van der Waals surface area (Å²) in [5, 5.41) is 0. The summed E-state index contributed by atoms with van der Waals surface area (Å²) in [6.07, 6.45) is 0. The molecule has 0 aliphatic carbocycles. The van der Waals surface area contributed by atoms with Gasteiger partial charge in [0, 0.05) is 23.6 Å². The molecule has 5 heteroatoms. The van der Waals surface area contributed by atoms with E-state index in [1.165, 1.54) is 6.07 Å². The number of hydrogen-bond donors (Lipinski definition) is 0. The van der Waals surface area contributed by atoms with E-state index in [0.29, 0.717) is 5.56 Å². The van der Waals surface area contributed by atoms with Crippen LogP contribution in [0.2, 0.25) is 0 Å². The number of benzene rings is 2. The Kier molecular flexibility index (Phi) is 4.89. The summed E-state index contributed by atoms with van der Waals surface area (Å²) in [6, 6.07) is 11.6. The fourth-order valence-electron chi connectivity index (χ4n) is 2.14. The van der Waals surface area contributed by atoms with Crippen LogP contribution in [0.15, 0.2) is 48.5 Å². The average Bonchev–Trinajstić information content (AvgIpc) is 2.54. The average molecular weight is 318 g/mol. The molecule has 0 unspecified atom stereocenters. The second-order valence-electron chi connectivity index (χ2n) is 5.06. The third kappa shape index (κ3) is 3.80. The van der Waals surface area contributed by atoms with Crippen molar-refractivity contribution in [3.8, 4) is 0 Å². The number of hydrogen-bond acceptors (Lipinski definition) is 3. The third-order valence-electron chi connectivity index (χ3n) is 3.30. The van der Waals surface area contributed by atoms with Crippen molar-refractivity contribution in [2.24, 2.45) is 0 Å². The van der Waals surface area contributed by atoms with Gasteiger partial charge in [-0.3, -0.25) is 4.79 Å². The lowest BCUT2D eigenvalue weighted by atomic mass is 9.94. The quantitative estimate of drug-likeness (QED) is 0.613. The number of carbonyl (C=O) groups is 2. The zero-order valence-corrected chi connectivity index (χ0v) is 12.8. The van der Waals surface area contributed by atoms with E-state index in [4.69, 9.17) is 4.74 Å². The van der Waals surface area contributed by atoms with Gasteiger partial charge in [-0.15, -0.1) is 0 Å². The number of rotatable bonds is 5. The molecule has 0 aliphatic heterocycles. The Hall–Kier alpha value is -2.56. The van der Waals surface area contributed by atoms with Gasteiger partial charge in [0.2, 0.25) is 0 Å². The van der Waals surface area contributed by atoms with Crippen molar-refractivity contribution >= 4 is 11.8 Å². The highest BCUT2D eigenvalue weighted by Crippen LogP contribution is 2.29. The van der Waals surface area contributed by atoms with Crippen LogP contribution in [0.5, 0.6) is 0 Å². The van der Waals surface area contributed by atoms with Crippen LogP contribution < -0.4 is 0 Å². The summed E-state index contributed by atoms with van der Waals surface area (Å²) in [5.74, 6) is -4.32. The molecule has 2 aromatic carbocycles. The van der Waals surface area contributed by atoms with Crippen molar-refractivity contribution in [1.29, 1.82) is 0 Å². The number of alkyl halides is 2. The summed E-state index contributed by atoms with van der Waals surface area (Å²) in [4.78, 5) is 24.6. The molecule has 120 valence electrons. The molecule has 0 amide bonds. The van der Waals surface area contributed by atoms with Crippen LogP contribution in [0.3, 0.4) is 0 Å². The lowest BCUT2D eigenvalue weighted by molar-refractivity contribution is 0.0173. The molecule has 0 saturated heterocycles. The molecule has 0 aromatic heterocycles. The first-order chi connectivity index (χ1) is 10.8. The van der Waals surface area contributed by atoms with E-state index in [9.17, 15) is 18.4 Å². The monoisotopic (exact) mass is 318 g/mol. The first-order valence-corrected chi connectivity index (χ1v) is 7.13. The van der Waals surface area contributed by atoms with E-state index < -0.39 is 17.7 Å². The molecule has 2 rings (SSSR count). The summed E-state index contributed by atoms with van der Waals surface area (Å²) in [7, 11) is 0. The van der Waals surface area contributed by atoms with Gasteiger partial charge in [0.25, 0.3) is 5.92 Å². The maximum atomic E-state index is 13.6. The van der Waals surface area contributed by atoms with E-state index in [0.717, 1.165) is 19.1 Å². The van der Waals surface area contributed by atoms with Gasteiger partial charge in [0.1, 0.15) is 0 Å². The molecular formula is C18H16F2O3. The molecule has 0 N–H and O–H groups in total. The van der Waals surface area contributed by atoms with Gasteiger partial charge in [-0.05, 0) is 19.1 Å². The molecule has 2 aromatic rings. The minimum Gasteiger partial charge on any atom is -0.462 e. The minimum absolute atomic E-state index is 0.0197.